The van der Waals surface area contributed by atoms with E-state index in [0.29, 0.717) is 0 Å². The van der Waals surface area contributed by atoms with Crippen LogP contribution in [0, 0.1) is 0 Å². The van der Waals surface area contributed by atoms with E-state index in [1.165, 1.54) is 11.3 Å². The van der Waals surface area contributed by atoms with Crippen LogP contribution in [0.25, 0.3) is 27.5 Å². The molecule has 25 heavy (non-hydrogen) atoms. The van der Waals surface area contributed by atoms with Crippen molar-refractivity contribution >= 4 is 27.1 Å². The molecule has 4 aromatic rings. The van der Waals surface area contributed by atoms with Crippen molar-refractivity contribution in [2.24, 2.45) is 0 Å². The normalized spacial score (nSPS) is 11.8. The van der Waals surface area contributed by atoms with Crippen molar-refractivity contribution in [3.8, 4) is 22.5 Å². The summed E-state index contributed by atoms with van der Waals surface area (Å²) in [6.07, 6.45) is 3.71. The summed E-state index contributed by atoms with van der Waals surface area (Å²) in [7, 11) is 4.09. The number of rotatable bonds is 4. The summed E-state index contributed by atoms with van der Waals surface area (Å²) in [5.41, 5.74) is 6.60. The molecule has 124 valence electrons. The number of nitrogens with one attached hydrogen (secondary N) is 1. The van der Waals surface area contributed by atoms with Crippen LogP contribution in [-0.2, 0) is 6.54 Å². The average Bonchev–Trinajstić information content (AvgIpc) is 3.23. The molecule has 3 aromatic heterocycles. The van der Waals surface area contributed by atoms with Gasteiger partial charge in [0.2, 0.25) is 10.1 Å². The monoisotopic (exact) mass is 348 g/mol. The standard InChI is InChI=1S/C18H16N6S/c1-23(2)14-5-3-11(4-6-14)8-20-17-22-24-16-13-7-12(9-19-10-13)15(16)21-18(24)25-17/h3-7,9-10H,8H2,1-2H3,(H,20,22). The predicted molar refractivity (Wildman–Crippen MR) is 101 cm³/mol. The minimum absolute atomic E-state index is 0.738. The van der Waals surface area contributed by atoms with E-state index >= 15 is 0 Å². The molecule has 1 N–H and O–H groups in total. The van der Waals surface area contributed by atoms with Gasteiger partial charge in [-0.1, -0.05) is 23.5 Å². The van der Waals surface area contributed by atoms with Crippen molar-refractivity contribution in [2.45, 2.75) is 6.54 Å². The number of pyridine rings is 1. The van der Waals surface area contributed by atoms with Crippen LogP contribution in [0.15, 0.2) is 42.7 Å². The Balaban J connectivity index is 1.39. The molecule has 7 heteroatoms. The Morgan fingerprint density at radius 1 is 1.12 bits per heavy atom. The van der Waals surface area contributed by atoms with Crippen LogP contribution in [0.4, 0.5) is 10.8 Å². The van der Waals surface area contributed by atoms with Crippen LogP contribution >= 0.6 is 11.3 Å². The number of benzene rings is 1. The van der Waals surface area contributed by atoms with E-state index in [1.807, 2.05) is 31.0 Å². The van der Waals surface area contributed by atoms with E-state index in [-0.39, 0.29) is 0 Å². The zero-order valence-corrected chi connectivity index (χ0v) is 14.7. The molecule has 6 nitrogen and oxygen atoms in total. The number of nitrogens with zero attached hydrogens (tertiary/aromatic N) is 5. The van der Waals surface area contributed by atoms with Crippen molar-refractivity contribution < 1.29 is 0 Å². The molecule has 0 atom stereocenters. The first kappa shape index (κ1) is 14.4. The van der Waals surface area contributed by atoms with Crippen molar-refractivity contribution in [1.82, 2.24) is 19.6 Å². The number of imidazole rings is 1. The highest BCUT2D eigenvalue weighted by molar-refractivity contribution is 7.20. The summed E-state index contributed by atoms with van der Waals surface area (Å²) in [4.78, 5) is 12.0. The molecule has 0 unspecified atom stereocenters. The number of hydrogen-bond acceptors (Lipinski definition) is 6. The maximum atomic E-state index is 4.72. The Hall–Kier alpha value is -2.93. The van der Waals surface area contributed by atoms with Gasteiger partial charge in [0.1, 0.15) is 11.4 Å². The molecule has 1 aromatic carbocycles. The molecular formula is C18H16N6S. The quantitative estimate of drug-likeness (QED) is 0.539. The van der Waals surface area contributed by atoms with Gasteiger partial charge in [-0.2, -0.15) is 0 Å². The van der Waals surface area contributed by atoms with Gasteiger partial charge in [0.05, 0.1) is 0 Å². The molecule has 0 saturated heterocycles. The predicted octanol–water partition coefficient (Wildman–Crippen LogP) is 3.51. The molecule has 0 fully saturated rings. The third-order valence-electron chi connectivity index (χ3n) is 4.39. The van der Waals surface area contributed by atoms with Crippen LogP contribution in [0.2, 0.25) is 0 Å². The van der Waals surface area contributed by atoms with E-state index < -0.39 is 0 Å². The van der Waals surface area contributed by atoms with Crippen molar-refractivity contribution in [3.05, 3.63) is 48.3 Å². The number of aromatic nitrogens is 4. The molecule has 5 rings (SSSR count). The second-order valence-corrected chi connectivity index (χ2v) is 7.24. The van der Waals surface area contributed by atoms with E-state index in [4.69, 9.17) is 4.98 Å². The highest BCUT2D eigenvalue weighted by Crippen LogP contribution is 2.40. The van der Waals surface area contributed by atoms with E-state index in [0.717, 1.165) is 39.2 Å². The van der Waals surface area contributed by atoms with Gasteiger partial charge < -0.3 is 10.2 Å². The lowest BCUT2D eigenvalue weighted by Crippen LogP contribution is -2.08. The molecule has 0 saturated carbocycles. The fraction of sp³-hybridized carbons (Fsp3) is 0.167. The maximum absolute atomic E-state index is 4.72. The van der Waals surface area contributed by atoms with Gasteiger partial charge in [0.25, 0.3) is 0 Å². The van der Waals surface area contributed by atoms with Gasteiger partial charge in [-0.05, 0) is 23.8 Å². The maximum Gasteiger partial charge on any atom is 0.215 e. The molecule has 0 amide bonds. The van der Waals surface area contributed by atoms with Gasteiger partial charge in [-0.3, -0.25) is 4.98 Å². The zero-order valence-electron chi connectivity index (χ0n) is 13.9. The van der Waals surface area contributed by atoms with E-state index in [9.17, 15) is 0 Å². The second-order valence-electron chi connectivity index (χ2n) is 6.29. The first-order valence-corrected chi connectivity index (χ1v) is 8.86. The van der Waals surface area contributed by atoms with E-state index in [2.05, 4.69) is 50.6 Å². The first-order chi connectivity index (χ1) is 12.2. The minimum atomic E-state index is 0.738. The fourth-order valence-electron chi connectivity index (χ4n) is 3.07. The number of hydrogen-bond donors (Lipinski definition) is 1. The average molecular weight is 348 g/mol. The zero-order chi connectivity index (χ0) is 17.0. The molecule has 0 radical (unpaired) electrons. The minimum Gasteiger partial charge on any atom is -0.378 e. The second kappa shape index (κ2) is 5.29. The van der Waals surface area contributed by atoms with Crippen LogP contribution in [0.3, 0.4) is 0 Å². The van der Waals surface area contributed by atoms with Crippen molar-refractivity contribution in [3.63, 3.8) is 0 Å². The third-order valence-corrected chi connectivity index (χ3v) is 5.25. The van der Waals surface area contributed by atoms with Crippen LogP contribution in [-0.4, -0.2) is 33.7 Å². The Morgan fingerprint density at radius 3 is 2.72 bits per heavy atom. The summed E-state index contributed by atoms with van der Waals surface area (Å²) in [6, 6.07) is 10.6. The molecule has 2 bridgehead atoms. The highest BCUT2D eigenvalue weighted by atomic mass is 32.1. The third kappa shape index (κ3) is 2.27. The van der Waals surface area contributed by atoms with Crippen molar-refractivity contribution in [1.29, 1.82) is 0 Å². The van der Waals surface area contributed by atoms with Crippen LogP contribution in [0.5, 0.6) is 0 Å². The Labute approximate surface area is 148 Å². The summed E-state index contributed by atoms with van der Waals surface area (Å²) in [5.74, 6) is 0. The molecule has 3 heterocycles. The molecular weight excluding hydrogens is 332 g/mol. The fourth-order valence-corrected chi connectivity index (χ4v) is 3.86. The topological polar surface area (TPSA) is 58.4 Å². The van der Waals surface area contributed by atoms with Crippen LogP contribution < -0.4 is 10.2 Å². The Bertz CT molecular complexity index is 1080. The first-order valence-electron chi connectivity index (χ1n) is 8.04. The van der Waals surface area contributed by atoms with Gasteiger partial charge >= 0.3 is 0 Å². The molecule has 1 aliphatic rings. The Morgan fingerprint density at radius 2 is 1.92 bits per heavy atom. The van der Waals surface area contributed by atoms with E-state index in [1.54, 1.807) is 11.3 Å². The lowest BCUT2D eigenvalue weighted by Gasteiger charge is -2.12. The number of anilines is 2. The molecule has 0 spiro atoms. The smallest absolute Gasteiger partial charge is 0.215 e. The summed E-state index contributed by atoms with van der Waals surface area (Å²) in [5, 5.41) is 8.96. The Kier molecular flexibility index (Phi) is 3.05. The molecule has 1 aliphatic carbocycles. The van der Waals surface area contributed by atoms with Gasteiger partial charge in [-0.15, -0.1) is 5.10 Å². The van der Waals surface area contributed by atoms with Gasteiger partial charge in [0.15, 0.2) is 0 Å². The SMILES string of the molecule is CN(C)c1ccc(CNc2nn3c4c(nc3s2)-c2cncc-4c2)cc1. The lowest BCUT2D eigenvalue weighted by molar-refractivity contribution is 0.969. The number of fused-ring (bicyclic) bond motifs is 7. The van der Waals surface area contributed by atoms with Crippen LogP contribution in [0.1, 0.15) is 5.56 Å². The van der Waals surface area contributed by atoms with Gasteiger partial charge in [-0.25, -0.2) is 9.50 Å². The largest absolute Gasteiger partial charge is 0.378 e. The highest BCUT2D eigenvalue weighted by Gasteiger charge is 2.25. The summed E-state index contributed by atoms with van der Waals surface area (Å²) in [6.45, 7) is 0.738. The van der Waals surface area contributed by atoms with Crippen molar-refractivity contribution in [2.75, 3.05) is 24.3 Å². The summed E-state index contributed by atoms with van der Waals surface area (Å²) >= 11 is 1.57. The lowest BCUT2D eigenvalue weighted by atomic mass is 10.2. The summed E-state index contributed by atoms with van der Waals surface area (Å²) < 4.78 is 1.92. The molecule has 0 aliphatic heterocycles. The van der Waals surface area contributed by atoms with Gasteiger partial charge in [0, 0.05) is 49.8 Å².